The van der Waals surface area contributed by atoms with Gasteiger partial charge in [-0.25, -0.2) is 17.5 Å². The van der Waals surface area contributed by atoms with Crippen LogP contribution in [0.5, 0.6) is 0 Å². The van der Waals surface area contributed by atoms with E-state index in [0.717, 1.165) is 12.8 Å². The molecule has 1 aliphatic rings. The first-order valence-corrected chi connectivity index (χ1v) is 9.81. The summed E-state index contributed by atoms with van der Waals surface area (Å²) >= 11 is 11.7. The highest BCUT2D eigenvalue weighted by atomic mass is 35.5. The molecule has 1 saturated heterocycles. The number of carbonyl (C=O) groups is 1. The molecule has 0 bridgehead atoms. The summed E-state index contributed by atoms with van der Waals surface area (Å²) in [5.41, 5.74) is 0.559. The van der Waals surface area contributed by atoms with E-state index in [1.807, 2.05) is 0 Å². The Morgan fingerprint density at radius 2 is 1.91 bits per heavy atom. The van der Waals surface area contributed by atoms with Gasteiger partial charge in [0, 0.05) is 25.3 Å². The predicted molar refractivity (Wildman–Crippen MR) is 92.6 cm³/mol. The van der Waals surface area contributed by atoms with Gasteiger partial charge in [0.15, 0.2) is 0 Å². The first-order valence-electron chi connectivity index (χ1n) is 7.21. The maximum Gasteiger partial charge on any atom is 0.319 e. The Balaban J connectivity index is 1.76. The summed E-state index contributed by atoms with van der Waals surface area (Å²) in [4.78, 5) is 11.9. The van der Waals surface area contributed by atoms with Crippen LogP contribution in [0.3, 0.4) is 0 Å². The van der Waals surface area contributed by atoms with Crippen LogP contribution in [-0.2, 0) is 10.0 Å². The Morgan fingerprint density at radius 1 is 1.26 bits per heavy atom. The SMILES string of the molecule is CS(=O)(=O)N1CCC(CNC(=O)Nc2ccc(Cl)c(Cl)c2)CC1. The van der Waals surface area contributed by atoms with Crippen molar-refractivity contribution >= 4 is 44.9 Å². The Bertz CT molecular complexity index is 674. The van der Waals surface area contributed by atoms with Gasteiger partial charge in [-0.1, -0.05) is 23.2 Å². The van der Waals surface area contributed by atoms with E-state index in [9.17, 15) is 13.2 Å². The number of nitrogens with one attached hydrogen (secondary N) is 2. The van der Waals surface area contributed by atoms with Crippen LogP contribution in [0, 0.1) is 5.92 Å². The number of carbonyl (C=O) groups excluding carboxylic acids is 1. The molecule has 0 aliphatic carbocycles. The quantitative estimate of drug-likeness (QED) is 0.843. The summed E-state index contributed by atoms with van der Waals surface area (Å²) in [6.07, 6.45) is 2.69. The third kappa shape index (κ3) is 5.53. The van der Waals surface area contributed by atoms with Crippen molar-refractivity contribution in [1.29, 1.82) is 0 Å². The molecule has 0 spiro atoms. The Kier molecular flexibility index (Phi) is 6.13. The average Bonchev–Trinajstić information content (AvgIpc) is 2.48. The van der Waals surface area contributed by atoms with Gasteiger partial charge in [0.1, 0.15) is 0 Å². The van der Waals surface area contributed by atoms with Crippen molar-refractivity contribution in [3.05, 3.63) is 28.2 Å². The van der Waals surface area contributed by atoms with Gasteiger partial charge in [0.05, 0.1) is 16.3 Å². The minimum absolute atomic E-state index is 0.271. The molecule has 1 aromatic carbocycles. The number of rotatable bonds is 4. The Hall–Kier alpha value is -1.02. The molecule has 0 aromatic heterocycles. The van der Waals surface area contributed by atoms with E-state index in [-0.39, 0.29) is 11.9 Å². The number of hydrogen-bond acceptors (Lipinski definition) is 3. The monoisotopic (exact) mass is 379 g/mol. The summed E-state index contributed by atoms with van der Waals surface area (Å²) in [7, 11) is -3.12. The maximum atomic E-state index is 11.9. The lowest BCUT2D eigenvalue weighted by atomic mass is 9.98. The van der Waals surface area contributed by atoms with Gasteiger partial charge in [0.2, 0.25) is 10.0 Å². The molecule has 1 heterocycles. The third-order valence-electron chi connectivity index (χ3n) is 3.77. The molecule has 6 nitrogen and oxygen atoms in total. The third-order valence-corrected chi connectivity index (χ3v) is 5.81. The minimum Gasteiger partial charge on any atom is -0.338 e. The topological polar surface area (TPSA) is 78.5 Å². The zero-order chi connectivity index (χ0) is 17.0. The number of hydrogen-bond donors (Lipinski definition) is 2. The molecule has 1 fully saturated rings. The van der Waals surface area contributed by atoms with Gasteiger partial charge >= 0.3 is 6.03 Å². The van der Waals surface area contributed by atoms with Gasteiger partial charge in [-0.15, -0.1) is 0 Å². The van der Waals surface area contributed by atoms with E-state index in [1.54, 1.807) is 18.2 Å². The fraction of sp³-hybridized carbons (Fsp3) is 0.500. The van der Waals surface area contributed by atoms with Gasteiger partial charge in [-0.2, -0.15) is 0 Å². The van der Waals surface area contributed by atoms with Crippen LogP contribution < -0.4 is 10.6 Å². The van der Waals surface area contributed by atoms with Gasteiger partial charge in [-0.3, -0.25) is 0 Å². The molecule has 2 rings (SSSR count). The van der Waals surface area contributed by atoms with Crippen molar-refractivity contribution < 1.29 is 13.2 Å². The molecule has 0 saturated carbocycles. The van der Waals surface area contributed by atoms with Gasteiger partial charge < -0.3 is 10.6 Å². The van der Waals surface area contributed by atoms with Crippen molar-refractivity contribution in [3.63, 3.8) is 0 Å². The van der Waals surface area contributed by atoms with E-state index in [4.69, 9.17) is 23.2 Å². The lowest BCUT2D eigenvalue weighted by Gasteiger charge is -2.30. The van der Waals surface area contributed by atoms with Gasteiger partial charge in [-0.05, 0) is 37.0 Å². The van der Waals surface area contributed by atoms with E-state index in [2.05, 4.69) is 10.6 Å². The second-order valence-corrected chi connectivity index (χ2v) is 8.37. The van der Waals surface area contributed by atoms with Crippen molar-refractivity contribution in [2.75, 3.05) is 31.2 Å². The zero-order valence-electron chi connectivity index (χ0n) is 12.7. The van der Waals surface area contributed by atoms with E-state index >= 15 is 0 Å². The second-order valence-electron chi connectivity index (χ2n) is 5.57. The lowest BCUT2D eigenvalue weighted by molar-refractivity contribution is 0.241. The van der Waals surface area contributed by atoms with Crippen molar-refractivity contribution in [3.8, 4) is 0 Å². The summed E-state index contributed by atoms with van der Waals surface area (Å²) in [6, 6.07) is 4.53. The van der Waals surface area contributed by atoms with E-state index in [1.165, 1.54) is 10.6 Å². The molecule has 0 radical (unpaired) electrons. The minimum atomic E-state index is -3.12. The van der Waals surface area contributed by atoms with E-state index in [0.29, 0.717) is 35.4 Å². The van der Waals surface area contributed by atoms with E-state index < -0.39 is 10.0 Å². The van der Waals surface area contributed by atoms with Crippen LogP contribution >= 0.6 is 23.2 Å². The molecule has 1 aromatic rings. The second kappa shape index (κ2) is 7.70. The number of urea groups is 1. The molecule has 2 N–H and O–H groups in total. The maximum absolute atomic E-state index is 11.9. The van der Waals surface area contributed by atoms with Crippen molar-refractivity contribution in [2.24, 2.45) is 5.92 Å². The zero-order valence-corrected chi connectivity index (χ0v) is 15.0. The predicted octanol–water partition coefficient (Wildman–Crippen LogP) is 2.79. The van der Waals surface area contributed by atoms with Crippen LogP contribution in [0.15, 0.2) is 18.2 Å². The van der Waals surface area contributed by atoms with Crippen LogP contribution in [0.2, 0.25) is 10.0 Å². The van der Waals surface area contributed by atoms with Crippen LogP contribution in [-0.4, -0.2) is 44.6 Å². The fourth-order valence-corrected chi connectivity index (χ4v) is 3.60. The highest BCUT2D eigenvalue weighted by Crippen LogP contribution is 2.25. The highest BCUT2D eigenvalue weighted by Gasteiger charge is 2.24. The first-order chi connectivity index (χ1) is 10.8. The average molecular weight is 380 g/mol. The fourth-order valence-electron chi connectivity index (χ4n) is 2.43. The molecule has 1 aliphatic heterocycles. The van der Waals surface area contributed by atoms with Crippen LogP contribution in [0.4, 0.5) is 10.5 Å². The highest BCUT2D eigenvalue weighted by molar-refractivity contribution is 7.88. The lowest BCUT2D eigenvalue weighted by Crippen LogP contribution is -2.41. The number of amides is 2. The number of halogens is 2. The summed E-state index contributed by atoms with van der Waals surface area (Å²) in [5.74, 6) is 0.271. The molecular weight excluding hydrogens is 361 g/mol. The normalized spacial score (nSPS) is 17.0. The van der Waals surface area contributed by atoms with Crippen LogP contribution in [0.1, 0.15) is 12.8 Å². The smallest absolute Gasteiger partial charge is 0.319 e. The number of benzene rings is 1. The number of nitrogens with zero attached hydrogens (tertiary/aromatic N) is 1. The number of piperidine rings is 1. The Morgan fingerprint density at radius 3 is 2.48 bits per heavy atom. The largest absolute Gasteiger partial charge is 0.338 e. The van der Waals surface area contributed by atoms with Crippen molar-refractivity contribution in [2.45, 2.75) is 12.8 Å². The number of anilines is 1. The number of sulfonamides is 1. The first kappa shape index (κ1) is 18.3. The molecule has 9 heteroatoms. The van der Waals surface area contributed by atoms with Crippen molar-refractivity contribution in [1.82, 2.24) is 9.62 Å². The molecule has 23 heavy (non-hydrogen) atoms. The van der Waals surface area contributed by atoms with Crippen LogP contribution in [0.25, 0.3) is 0 Å². The molecule has 2 amide bonds. The van der Waals surface area contributed by atoms with Gasteiger partial charge in [0.25, 0.3) is 0 Å². The Labute approximate surface area is 146 Å². The molecule has 128 valence electrons. The standard InChI is InChI=1S/C14H19Cl2N3O3S/c1-23(21,22)19-6-4-10(5-7-19)9-17-14(20)18-11-2-3-12(15)13(16)8-11/h2-3,8,10H,4-7,9H2,1H3,(H2,17,18,20). The molecule has 0 atom stereocenters. The summed E-state index contributed by atoms with van der Waals surface area (Å²) in [5, 5.41) is 6.28. The molecular formula is C14H19Cl2N3O3S. The summed E-state index contributed by atoms with van der Waals surface area (Å²) in [6.45, 7) is 1.50. The molecule has 0 unspecified atom stereocenters. The summed E-state index contributed by atoms with van der Waals surface area (Å²) < 4.78 is 24.4.